The molecule has 13 heavy (non-hydrogen) atoms. The van der Waals surface area contributed by atoms with Crippen molar-refractivity contribution in [3.05, 3.63) is 28.8 Å². The lowest BCUT2D eigenvalue weighted by Gasteiger charge is -2.04. The van der Waals surface area contributed by atoms with Crippen LogP contribution in [0.2, 0.25) is 0 Å². The molecule has 0 radical (unpaired) electrons. The Balaban J connectivity index is 3.52. The highest BCUT2D eigenvalue weighted by Gasteiger charge is 2.15. The number of aryl methyl sites for hydroxylation is 1. The molecule has 0 unspecified atom stereocenters. The molecule has 1 aromatic carbocycles. The third-order valence-electron chi connectivity index (χ3n) is 1.76. The fraction of sp³-hybridized carbons (Fsp3) is 0.111. The lowest BCUT2D eigenvalue weighted by Crippen LogP contribution is -2.04. The van der Waals surface area contributed by atoms with Crippen LogP contribution in [0.5, 0.6) is 5.75 Å². The zero-order valence-corrected chi connectivity index (χ0v) is 6.94. The molecule has 0 aromatic heterocycles. The Labute approximate surface area is 74.4 Å². The lowest BCUT2D eigenvalue weighted by atomic mass is 10.0. The molecule has 0 bridgehead atoms. The summed E-state index contributed by atoms with van der Waals surface area (Å²) in [6, 6.07) is 2.75. The number of carbonyl (C=O) groups excluding carboxylic acids is 1. The molecule has 0 amide bonds. The van der Waals surface area contributed by atoms with Crippen molar-refractivity contribution in [2.45, 2.75) is 6.92 Å². The van der Waals surface area contributed by atoms with Crippen LogP contribution in [-0.4, -0.2) is 22.5 Å². The first kappa shape index (κ1) is 9.25. The summed E-state index contributed by atoms with van der Waals surface area (Å²) in [7, 11) is 0. The van der Waals surface area contributed by atoms with E-state index in [1.165, 1.54) is 12.1 Å². The number of aromatic hydroxyl groups is 1. The molecular weight excluding hydrogens is 172 g/mol. The molecule has 0 saturated heterocycles. The van der Waals surface area contributed by atoms with E-state index in [1.54, 1.807) is 6.92 Å². The summed E-state index contributed by atoms with van der Waals surface area (Å²) in [6.07, 6.45) is 0.339. The Morgan fingerprint density at radius 1 is 1.46 bits per heavy atom. The van der Waals surface area contributed by atoms with E-state index >= 15 is 0 Å². The van der Waals surface area contributed by atoms with E-state index in [0.717, 1.165) is 0 Å². The number of benzene rings is 1. The Morgan fingerprint density at radius 3 is 2.46 bits per heavy atom. The van der Waals surface area contributed by atoms with Crippen molar-refractivity contribution in [2.24, 2.45) is 0 Å². The minimum Gasteiger partial charge on any atom is -0.507 e. The highest BCUT2D eigenvalue weighted by molar-refractivity contribution is 6.00. The van der Waals surface area contributed by atoms with Crippen molar-refractivity contribution in [1.29, 1.82) is 0 Å². The summed E-state index contributed by atoms with van der Waals surface area (Å²) in [4.78, 5) is 21.2. The van der Waals surface area contributed by atoms with E-state index in [2.05, 4.69) is 0 Å². The third-order valence-corrected chi connectivity index (χ3v) is 1.76. The summed E-state index contributed by atoms with van der Waals surface area (Å²) >= 11 is 0. The molecule has 0 heterocycles. The molecule has 2 N–H and O–H groups in total. The minimum absolute atomic E-state index is 0.144. The number of aromatic carboxylic acids is 1. The number of phenols is 1. The number of carboxylic acid groups (broad SMARTS) is 1. The maximum Gasteiger partial charge on any atom is 0.336 e. The van der Waals surface area contributed by atoms with Crippen molar-refractivity contribution in [2.75, 3.05) is 0 Å². The lowest BCUT2D eigenvalue weighted by molar-refractivity contribution is 0.0692. The second kappa shape index (κ2) is 3.26. The molecule has 4 nitrogen and oxygen atoms in total. The Bertz CT molecular complexity index is 368. The number of phenolic OH excluding ortho intramolecular Hbond substituents is 1. The van der Waals surface area contributed by atoms with E-state index in [9.17, 15) is 14.7 Å². The SMILES string of the molecule is Cc1ccc(O)c(C=O)c1C(=O)O. The molecule has 1 rings (SSSR count). The normalized spacial score (nSPS) is 9.62. The average molecular weight is 180 g/mol. The highest BCUT2D eigenvalue weighted by Crippen LogP contribution is 2.22. The van der Waals surface area contributed by atoms with Gasteiger partial charge in [-0.05, 0) is 18.6 Å². The molecule has 1 aromatic rings. The van der Waals surface area contributed by atoms with Gasteiger partial charge in [-0.2, -0.15) is 0 Å². The Hall–Kier alpha value is -1.84. The van der Waals surface area contributed by atoms with Crippen LogP contribution in [0.25, 0.3) is 0 Å². The second-order valence-corrected chi connectivity index (χ2v) is 2.61. The summed E-state index contributed by atoms with van der Waals surface area (Å²) in [5.41, 5.74) is 0.134. The van der Waals surface area contributed by atoms with Crippen molar-refractivity contribution in [3.63, 3.8) is 0 Å². The quantitative estimate of drug-likeness (QED) is 0.671. The largest absolute Gasteiger partial charge is 0.507 e. The van der Waals surface area contributed by atoms with Crippen molar-refractivity contribution < 1.29 is 19.8 Å². The second-order valence-electron chi connectivity index (χ2n) is 2.61. The van der Waals surface area contributed by atoms with Gasteiger partial charge in [-0.1, -0.05) is 6.07 Å². The zero-order valence-electron chi connectivity index (χ0n) is 6.94. The molecule has 0 saturated carbocycles. The zero-order chi connectivity index (χ0) is 10.0. The predicted octanol–water partition coefficient (Wildman–Crippen LogP) is 1.21. The van der Waals surface area contributed by atoms with Gasteiger partial charge in [-0.3, -0.25) is 4.79 Å². The first-order chi connectivity index (χ1) is 6.07. The van der Waals surface area contributed by atoms with Crippen LogP contribution in [0.4, 0.5) is 0 Å². The number of rotatable bonds is 2. The van der Waals surface area contributed by atoms with Crippen LogP contribution in [0, 0.1) is 6.92 Å². The van der Waals surface area contributed by atoms with Crippen molar-refractivity contribution in [3.8, 4) is 5.75 Å². The highest BCUT2D eigenvalue weighted by atomic mass is 16.4. The van der Waals surface area contributed by atoms with E-state index in [1.807, 2.05) is 0 Å². The fourth-order valence-electron chi connectivity index (χ4n) is 1.12. The van der Waals surface area contributed by atoms with Gasteiger partial charge < -0.3 is 10.2 Å². The number of hydrogen-bond donors (Lipinski definition) is 2. The molecule has 0 aliphatic carbocycles. The van der Waals surface area contributed by atoms with E-state index in [4.69, 9.17) is 5.11 Å². The molecular formula is C9H8O4. The van der Waals surface area contributed by atoms with Gasteiger partial charge in [0, 0.05) is 0 Å². The van der Waals surface area contributed by atoms with Gasteiger partial charge in [0.05, 0.1) is 11.1 Å². The van der Waals surface area contributed by atoms with Gasteiger partial charge in [-0.25, -0.2) is 4.79 Å². The van der Waals surface area contributed by atoms with Crippen molar-refractivity contribution in [1.82, 2.24) is 0 Å². The Kier molecular flexibility index (Phi) is 2.32. The fourth-order valence-corrected chi connectivity index (χ4v) is 1.12. The first-order valence-corrected chi connectivity index (χ1v) is 3.59. The summed E-state index contributed by atoms with van der Waals surface area (Å²) < 4.78 is 0. The maximum absolute atomic E-state index is 10.7. The van der Waals surface area contributed by atoms with Crippen LogP contribution in [0.1, 0.15) is 26.3 Å². The van der Waals surface area contributed by atoms with Crippen LogP contribution in [0.15, 0.2) is 12.1 Å². The molecule has 0 spiro atoms. The number of carbonyl (C=O) groups is 2. The number of hydrogen-bond acceptors (Lipinski definition) is 3. The molecule has 4 heteroatoms. The van der Waals surface area contributed by atoms with Crippen molar-refractivity contribution >= 4 is 12.3 Å². The van der Waals surface area contributed by atoms with E-state index in [0.29, 0.717) is 11.8 Å². The monoisotopic (exact) mass is 180 g/mol. The molecule has 0 aliphatic rings. The smallest absolute Gasteiger partial charge is 0.336 e. The van der Waals surface area contributed by atoms with Crippen LogP contribution < -0.4 is 0 Å². The van der Waals surface area contributed by atoms with Gasteiger partial charge >= 0.3 is 5.97 Å². The minimum atomic E-state index is -1.21. The molecule has 0 aliphatic heterocycles. The Morgan fingerprint density at radius 2 is 2.08 bits per heavy atom. The van der Waals surface area contributed by atoms with Gasteiger partial charge in [-0.15, -0.1) is 0 Å². The molecule has 68 valence electrons. The van der Waals surface area contributed by atoms with E-state index in [-0.39, 0.29) is 16.9 Å². The maximum atomic E-state index is 10.7. The van der Waals surface area contributed by atoms with Crippen LogP contribution >= 0.6 is 0 Å². The summed E-state index contributed by atoms with van der Waals surface area (Å²) in [6.45, 7) is 1.57. The molecule has 0 fully saturated rings. The van der Waals surface area contributed by atoms with Gasteiger partial charge in [0.25, 0.3) is 0 Å². The standard InChI is InChI=1S/C9H8O4/c1-5-2-3-7(11)6(4-10)8(5)9(12)13/h2-4,11H,1H3,(H,12,13). The predicted molar refractivity (Wildman–Crippen MR) is 45.2 cm³/mol. The number of carboxylic acids is 1. The topological polar surface area (TPSA) is 74.6 Å². The van der Waals surface area contributed by atoms with Gasteiger partial charge in [0.2, 0.25) is 0 Å². The van der Waals surface area contributed by atoms with Crippen LogP contribution in [-0.2, 0) is 0 Å². The van der Waals surface area contributed by atoms with E-state index < -0.39 is 5.97 Å². The first-order valence-electron chi connectivity index (χ1n) is 3.59. The third kappa shape index (κ3) is 1.51. The number of aldehydes is 1. The van der Waals surface area contributed by atoms with Crippen LogP contribution in [0.3, 0.4) is 0 Å². The van der Waals surface area contributed by atoms with Gasteiger partial charge in [0.1, 0.15) is 5.75 Å². The molecule has 0 atom stereocenters. The average Bonchev–Trinajstić information content (AvgIpc) is 2.07. The summed E-state index contributed by atoms with van der Waals surface area (Å²) in [5, 5.41) is 17.9. The summed E-state index contributed by atoms with van der Waals surface area (Å²) in [5.74, 6) is -1.52. The van der Waals surface area contributed by atoms with Gasteiger partial charge in [0.15, 0.2) is 6.29 Å².